The van der Waals surface area contributed by atoms with Gasteiger partial charge in [-0.15, -0.1) is 11.3 Å². The summed E-state index contributed by atoms with van der Waals surface area (Å²) in [5, 5.41) is 10.6. The first-order valence-corrected chi connectivity index (χ1v) is 9.05. The molecule has 1 rings (SSSR count). The lowest BCUT2D eigenvalue weighted by Crippen LogP contribution is -2.36. The van der Waals surface area contributed by atoms with E-state index in [2.05, 4.69) is 4.72 Å². The first kappa shape index (κ1) is 16.5. The fraction of sp³-hybridized carbons (Fsp3) is 0.545. The lowest BCUT2D eigenvalue weighted by Gasteiger charge is -2.22. The molecule has 2 N–H and O–H groups in total. The second kappa shape index (κ2) is 5.82. The summed E-state index contributed by atoms with van der Waals surface area (Å²) in [5.41, 5.74) is 0.455. The Hall–Kier alpha value is -0.570. The largest absolute Gasteiger partial charge is 0.477 e. The third kappa shape index (κ3) is 3.95. The predicted octanol–water partition coefficient (Wildman–Crippen LogP) is 2.17. The molecule has 0 bridgehead atoms. The zero-order valence-electron chi connectivity index (χ0n) is 11.2. The number of carboxylic acids is 1. The van der Waals surface area contributed by atoms with Gasteiger partial charge < -0.3 is 5.11 Å². The molecule has 1 aromatic heterocycles. The van der Waals surface area contributed by atoms with E-state index in [0.717, 1.165) is 11.3 Å². The van der Waals surface area contributed by atoms with Crippen LogP contribution >= 0.6 is 23.1 Å². The second-order valence-electron chi connectivity index (χ2n) is 4.67. The number of sulfonamides is 1. The molecule has 0 saturated carbocycles. The van der Waals surface area contributed by atoms with Gasteiger partial charge in [-0.2, -0.15) is 11.8 Å². The third-order valence-electron chi connectivity index (χ3n) is 2.62. The lowest BCUT2D eigenvalue weighted by molar-refractivity contribution is 0.0698. The van der Waals surface area contributed by atoms with Crippen LogP contribution in [-0.2, 0) is 10.0 Å². The predicted molar refractivity (Wildman–Crippen MR) is 78.8 cm³/mol. The molecule has 5 nitrogen and oxygen atoms in total. The van der Waals surface area contributed by atoms with Crippen LogP contribution < -0.4 is 4.72 Å². The van der Waals surface area contributed by atoms with Crippen LogP contribution in [0.3, 0.4) is 0 Å². The minimum atomic E-state index is -3.80. The monoisotopic (exact) mass is 323 g/mol. The van der Waals surface area contributed by atoms with E-state index in [4.69, 9.17) is 5.11 Å². The highest BCUT2D eigenvalue weighted by molar-refractivity contribution is 8.00. The Balaban J connectivity index is 3.08. The van der Waals surface area contributed by atoms with Gasteiger partial charge in [0.1, 0.15) is 9.77 Å². The van der Waals surface area contributed by atoms with Crippen LogP contribution in [0.15, 0.2) is 10.3 Å². The van der Waals surface area contributed by atoms with Crippen LogP contribution in [0.5, 0.6) is 0 Å². The second-order valence-corrected chi connectivity index (χ2v) is 8.77. The summed E-state index contributed by atoms with van der Waals surface area (Å²) in [6.07, 6.45) is 1.90. The molecule has 1 heterocycles. The van der Waals surface area contributed by atoms with Crippen LogP contribution in [0.2, 0.25) is 0 Å². The minimum absolute atomic E-state index is 0.123. The fourth-order valence-corrected chi connectivity index (χ4v) is 4.47. The highest BCUT2D eigenvalue weighted by Crippen LogP contribution is 2.27. The van der Waals surface area contributed by atoms with Crippen LogP contribution in [0.4, 0.5) is 0 Å². The van der Waals surface area contributed by atoms with Gasteiger partial charge in [0, 0.05) is 11.3 Å². The molecule has 0 fully saturated rings. The van der Waals surface area contributed by atoms with Crippen molar-refractivity contribution in [2.24, 2.45) is 0 Å². The van der Waals surface area contributed by atoms with Crippen LogP contribution in [0, 0.1) is 6.92 Å². The molecule has 0 radical (unpaired) electrons. The van der Waals surface area contributed by atoms with Crippen molar-refractivity contribution < 1.29 is 18.3 Å². The Morgan fingerprint density at radius 2 is 2.11 bits per heavy atom. The standard InChI is InChI=1S/C11H17NO4S3/c1-7-5-18-8(10(13)14)9(7)19(15,16)12-6-11(2,3)17-4/h5,12H,6H2,1-4H3,(H,13,14). The van der Waals surface area contributed by atoms with Crippen molar-refractivity contribution in [3.63, 3.8) is 0 Å². The molecule has 19 heavy (non-hydrogen) atoms. The maximum Gasteiger partial charge on any atom is 0.347 e. The molecular weight excluding hydrogens is 306 g/mol. The summed E-state index contributed by atoms with van der Waals surface area (Å²) in [6, 6.07) is 0. The van der Waals surface area contributed by atoms with E-state index in [1.54, 1.807) is 6.92 Å². The first-order valence-electron chi connectivity index (χ1n) is 5.47. The number of aryl methyl sites for hydroxylation is 1. The fourth-order valence-electron chi connectivity index (χ4n) is 1.33. The van der Waals surface area contributed by atoms with E-state index in [1.807, 2.05) is 20.1 Å². The molecule has 108 valence electrons. The highest BCUT2D eigenvalue weighted by Gasteiger charge is 2.28. The molecule has 0 atom stereocenters. The third-order valence-corrected chi connectivity index (χ3v) is 6.67. The maximum absolute atomic E-state index is 12.2. The van der Waals surface area contributed by atoms with Crippen molar-refractivity contribution in [1.29, 1.82) is 0 Å². The highest BCUT2D eigenvalue weighted by atomic mass is 32.2. The number of hydrogen-bond acceptors (Lipinski definition) is 5. The van der Waals surface area contributed by atoms with Gasteiger partial charge in [-0.3, -0.25) is 0 Å². The average Bonchev–Trinajstić information content (AvgIpc) is 2.70. The van der Waals surface area contributed by atoms with Crippen molar-refractivity contribution in [3.8, 4) is 0 Å². The molecule has 0 aliphatic rings. The van der Waals surface area contributed by atoms with Crippen LogP contribution in [-0.4, -0.2) is 37.0 Å². The summed E-state index contributed by atoms with van der Waals surface area (Å²) < 4.78 is 26.7. The molecule has 0 unspecified atom stereocenters. The number of carboxylic acid groups (broad SMARTS) is 1. The molecular formula is C11H17NO4S3. The van der Waals surface area contributed by atoms with Gasteiger partial charge in [0.05, 0.1) is 0 Å². The van der Waals surface area contributed by atoms with Crippen LogP contribution in [0.1, 0.15) is 29.1 Å². The number of carbonyl (C=O) groups is 1. The topological polar surface area (TPSA) is 83.5 Å². The van der Waals surface area contributed by atoms with Gasteiger partial charge in [-0.05, 0) is 38.0 Å². The van der Waals surface area contributed by atoms with Crippen molar-refractivity contribution in [2.75, 3.05) is 12.8 Å². The van der Waals surface area contributed by atoms with E-state index in [9.17, 15) is 13.2 Å². The zero-order valence-corrected chi connectivity index (χ0v) is 13.6. The average molecular weight is 323 g/mol. The number of nitrogens with one attached hydrogen (secondary N) is 1. The van der Waals surface area contributed by atoms with Gasteiger partial charge in [-0.1, -0.05) is 0 Å². The zero-order chi connectivity index (χ0) is 14.8. The molecule has 0 aliphatic heterocycles. The van der Waals surface area contributed by atoms with E-state index in [1.165, 1.54) is 17.1 Å². The SMILES string of the molecule is CSC(C)(C)CNS(=O)(=O)c1c(C)csc1C(=O)O. The number of hydrogen-bond donors (Lipinski definition) is 2. The summed E-state index contributed by atoms with van der Waals surface area (Å²) in [6.45, 7) is 5.67. The van der Waals surface area contributed by atoms with Crippen molar-refractivity contribution in [2.45, 2.75) is 30.4 Å². The summed E-state index contributed by atoms with van der Waals surface area (Å²) in [4.78, 5) is 10.8. The Labute approximate surface area is 121 Å². The molecule has 0 saturated heterocycles. The Morgan fingerprint density at radius 1 is 1.53 bits per heavy atom. The quantitative estimate of drug-likeness (QED) is 0.838. The Morgan fingerprint density at radius 3 is 2.58 bits per heavy atom. The number of rotatable bonds is 6. The van der Waals surface area contributed by atoms with Crippen molar-refractivity contribution in [3.05, 3.63) is 15.8 Å². The van der Waals surface area contributed by atoms with Gasteiger partial charge in [-0.25, -0.2) is 17.9 Å². The molecule has 1 aromatic rings. The number of aromatic carboxylic acids is 1. The normalized spacial score (nSPS) is 12.6. The van der Waals surface area contributed by atoms with Crippen LogP contribution in [0.25, 0.3) is 0 Å². The van der Waals surface area contributed by atoms with Gasteiger partial charge >= 0.3 is 5.97 Å². The van der Waals surface area contributed by atoms with Gasteiger partial charge in [0.15, 0.2) is 0 Å². The number of thioether (sulfide) groups is 1. The van der Waals surface area contributed by atoms with Gasteiger partial charge in [0.2, 0.25) is 10.0 Å². The Kier molecular flexibility index (Phi) is 5.05. The van der Waals surface area contributed by atoms with Gasteiger partial charge in [0.25, 0.3) is 0 Å². The molecule has 0 spiro atoms. The number of thiophene rings is 1. The summed E-state index contributed by atoms with van der Waals surface area (Å²) >= 11 is 2.47. The van der Waals surface area contributed by atoms with E-state index < -0.39 is 16.0 Å². The minimum Gasteiger partial charge on any atom is -0.477 e. The molecule has 0 aromatic carbocycles. The lowest BCUT2D eigenvalue weighted by atomic mass is 10.2. The van der Waals surface area contributed by atoms with Crippen molar-refractivity contribution >= 4 is 39.1 Å². The molecule has 0 aliphatic carbocycles. The summed E-state index contributed by atoms with van der Waals surface area (Å²) in [5.74, 6) is -1.22. The van der Waals surface area contributed by atoms with E-state index in [0.29, 0.717) is 5.56 Å². The summed E-state index contributed by atoms with van der Waals surface area (Å²) in [7, 11) is -3.80. The molecule has 0 amide bonds. The van der Waals surface area contributed by atoms with Crippen molar-refractivity contribution in [1.82, 2.24) is 4.72 Å². The Bertz CT molecular complexity index is 575. The maximum atomic E-state index is 12.2. The molecule has 8 heteroatoms. The van der Waals surface area contributed by atoms with E-state index in [-0.39, 0.29) is 21.1 Å². The smallest absolute Gasteiger partial charge is 0.347 e. The van der Waals surface area contributed by atoms with E-state index >= 15 is 0 Å². The first-order chi connectivity index (χ1) is 8.60.